The third-order valence-corrected chi connectivity index (χ3v) is 4.98. The molecule has 0 saturated carbocycles. The number of halogens is 1. The van der Waals surface area contributed by atoms with Gasteiger partial charge in [0.2, 0.25) is 5.91 Å². The number of nitrogens with one attached hydrogen (secondary N) is 2. The molecule has 0 atom stereocenters. The van der Waals surface area contributed by atoms with E-state index in [9.17, 15) is 9.59 Å². The van der Waals surface area contributed by atoms with Crippen LogP contribution in [0.2, 0.25) is 5.02 Å². The number of aromatic amines is 1. The molecule has 6 N–H and O–H groups in total. The Balaban J connectivity index is 1.43. The SMILES string of the molecule is Nc1cc(N)c2c(=O)cc(CCCCCCC(=O)Nc3cccc(Cl)c3)[nH]c2c1. The van der Waals surface area contributed by atoms with Crippen molar-refractivity contribution in [3.05, 3.63) is 63.4 Å². The van der Waals surface area contributed by atoms with E-state index >= 15 is 0 Å². The van der Waals surface area contributed by atoms with Crippen molar-refractivity contribution < 1.29 is 4.79 Å². The van der Waals surface area contributed by atoms with E-state index in [0.29, 0.717) is 39.4 Å². The molecule has 0 unspecified atom stereocenters. The van der Waals surface area contributed by atoms with Gasteiger partial charge in [0.15, 0.2) is 5.43 Å². The van der Waals surface area contributed by atoms with Crippen LogP contribution in [-0.2, 0) is 11.2 Å². The number of aromatic nitrogens is 1. The van der Waals surface area contributed by atoms with E-state index in [-0.39, 0.29) is 11.3 Å². The van der Waals surface area contributed by atoms with Gasteiger partial charge < -0.3 is 21.8 Å². The molecule has 0 aliphatic rings. The highest BCUT2D eigenvalue weighted by molar-refractivity contribution is 6.30. The van der Waals surface area contributed by atoms with E-state index in [2.05, 4.69) is 10.3 Å². The average Bonchev–Trinajstić information content (AvgIpc) is 2.63. The average molecular weight is 413 g/mol. The Morgan fingerprint density at radius 3 is 2.62 bits per heavy atom. The maximum Gasteiger partial charge on any atom is 0.224 e. The largest absolute Gasteiger partial charge is 0.399 e. The summed E-state index contributed by atoms with van der Waals surface area (Å²) in [6, 6.07) is 12.0. The number of aryl methyl sites for hydroxylation is 1. The number of rotatable bonds is 8. The lowest BCUT2D eigenvalue weighted by atomic mass is 10.1. The quantitative estimate of drug-likeness (QED) is 0.322. The molecular formula is C22H25ClN4O2. The van der Waals surface area contributed by atoms with E-state index in [1.165, 1.54) is 0 Å². The molecule has 0 fully saturated rings. The Morgan fingerprint density at radius 1 is 1.03 bits per heavy atom. The minimum absolute atomic E-state index is 0.0127. The van der Waals surface area contributed by atoms with Crippen molar-refractivity contribution >= 4 is 45.5 Å². The molecule has 0 saturated heterocycles. The van der Waals surface area contributed by atoms with Crippen molar-refractivity contribution in [1.29, 1.82) is 0 Å². The fourth-order valence-corrected chi connectivity index (χ4v) is 3.57. The highest BCUT2D eigenvalue weighted by Crippen LogP contribution is 2.21. The number of hydrogen-bond acceptors (Lipinski definition) is 4. The summed E-state index contributed by atoms with van der Waals surface area (Å²) in [4.78, 5) is 27.6. The summed E-state index contributed by atoms with van der Waals surface area (Å²) in [6.07, 6.45) is 4.89. The smallest absolute Gasteiger partial charge is 0.224 e. The van der Waals surface area contributed by atoms with Gasteiger partial charge in [-0.1, -0.05) is 30.5 Å². The molecule has 0 aliphatic heterocycles. The van der Waals surface area contributed by atoms with Crippen LogP contribution >= 0.6 is 11.6 Å². The second kappa shape index (κ2) is 9.47. The molecular weight excluding hydrogens is 388 g/mol. The molecule has 1 aromatic heterocycles. The van der Waals surface area contributed by atoms with Gasteiger partial charge in [-0.2, -0.15) is 0 Å². The van der Waals surface area contributed by atoms with Crippen LogP contribution in [0.15, 0.2) is 47.3 Å². The highest BCUT2D eigenvalue weighted by atomic mass is 35.5. The van der Waals surface area contributed by atoms with Gasteiger partial charge in [-0.25, -0.2) is 0 Å². The second-order valence-corrected chi connectivity index (χ2v) is 7.60. The van der Waals surface area contributed by atoms with Crippen molar-refractivity contribution in [2.45, 2.75) is 38.5 Å². The number of nitrogens with two attached hydrogens (primary N) is 2. The number of nitrogen functional groups attached to an aromatic ring is 2. The molecule has 7 heteroatoms. The molecule has 2 aromatic carbocycles. The monoisotopic (exact) mass is 412 g/mol. The number of fused-ring (bicyclic) bond motifs is 1. The predicted octanol–water partition coefficient (Wildman–Crippen LogP) is 4.48. The number of amides is 1. The number of carbonyl (C=O) groups excluding carboxylic acids is 1. The second-order valence-electron chi connectivity index (χ2n) is 7.16. The van der Waals surface area contributed by atoms with Crippen LogP contribution in [0.1, 0.15) is 37.8 Å². The first-order valence-corrected chi connectivity index (χ1v) is 10.1. The summed E-state index contributed by atoms with van der Waals surface area (Å²) in [7, 11) is 0. The fraction of sp³-hybridized carbons (Fsp3) is 0.273. The highest BCUT2D eigenvalue weighted by Gasteiger charge is 2.07. The summed E-state index contributed by atoms with van der Waals surface area (Å²) in [5.74, 6) is -0.0127. The lowest BCUT2D eigenvalue weighted by Crippen LogP contribution is -2.11. The number of benzene rings is 2. The molecule has 1 amide bonds. The van der Waals surface area contributed by atoms with E-state index in [1.54, 1.807) is 36.4 Å². The zero-order chi connectivity index (χ0) is 20.8. The Morgan fingerprint density at radius 2 is 1.83 bits per heavy atom. The number of anilines is 3. The minimum Gasteiger partial charge on any atom is -0.399 e. The van der Waals surface area contributed by atoms with Gasteiger partial charge in [0.1, 0.15) is 0 Å². The lowest BCUT2D eigenvalue weighted by Gasteiger charge is -2.08. The number of unbranched alkanes of at least 4 members (excludes halogenated alkanes) is 3. The third kappa shape index (κ3) is 5.74. The molecule has 0 spiro atoms. The summed E-state index contributed by atoms with van der Waals surface area (Å²) in [6.45, 7) is 0. The molecule has 3 aromatic rings. The first kappa shape index (κ1) is 20.7. The third-order valence-electron chi connectivity index (χ3n) is 4.75. The van der Waals surface area contributed by atoms with Gasteiger partial charge in [0.25, 0.3) is 0 Å². The van der Waals surface area contributed by atoms with E-state index in [0.717, 1.165) is 37.8 Å². The van der Waals surface area contributed by atoms with Crippen LogP contribution in [0, 0.1) is 0 Å². The molecule has 152 valence electrons. The van der Waals surface area contributed by atoms with Crippen molar-refractivity contribution in [2.24, 2.45) is 0 Å². The number of H-pyrrole nitrogens is 1. The summed E-state index contributed by atoms with van der Waals surface area (Å²) in [5, 5.41) is 3.93. The first-order chi connectivity index (χ1) is 13.9. The molecule has 3 rings (SSSR count). The van der Waals surface area contributed by atoms with Crippen LogP contribution in [-0.4, -0.2) is 10.9 Å². The molecule has 0 radical (unpaired) electrons. The van der Waals surface area contributed by atoms with Gasteiger partial charge in [0.05, 0.1) is 10.9 Å². The number of hydrogen-bond donors (Lipinski definition) is 4. The molecule has 29 heavy (non-hydrogen) atoms. The zero-order valence-electron chi connectivity index (χ0n) is 16.1. The Kier molecular flexibility index (Phi) is 6.77. The van der Waals surface area contributed by atoms with Crippen LogP contribution in [0.4, 0.5) is 17.1 Å². The summed E-state index contributed by atoms with van der Waals surface area (Å²) < 4.78 is 0. The fourth-order valence-electron chi connectivity index (χ4n) is 3.38. The van der Waals surface area contributed by atoms with E-state index in [1.807, 2.05) is 6.07 Å². The molecule has 0 aliphatic carbocycles. The molecule has 6 nitrogen and oxygen atoms in total. The van der Waals surface area contributed by atoms with Gasteiger partial charge in [0, 0.05) is 40.3 Å². The van der Waals surface area contributed by atoms with E-state index < -0.39 is 0 Å². The Labute approximate surface area is 174 Å². The van der Waals surface area contributed by atoms with Gasteiger partial charge in [-0.05, 0) is 49.6 Å². The topological polar surface area (TPSA) is 114 Å². The van der Waals surface area contributed by atoms with Crippen molar-refractivity contribution in [1.82, 2.24) is 4.98 Å². The number of pyridine rings is 1. The van der Waals surface area contributed by atoms with Gasteiger partial charge in [-0.15, -0.1) is 0 Å². The number of carbonyl (C=O) groups is 1. The lowest BCUT2D eigenvalue weighted by molar-refractivity contribution is -0.116. The standard InChI is InChI=1S/C22H25ClN4O2/c23-14-6-5-8-16(10-14)27-21(29)9-4-2-1-3-7-17-13-20(28)22-18(25)11-15(24)12-19(22)26-17/h5-6,8,10-13H,1-4,7,9,24-25H2,(H,26,28)(H,27,29). The van der Waals surface area contributed by atoms with Crippen LogP contribution < -0.4 is 22.2 Å². The van der Waals surface area contributed by atoms with Gasteiger partial charge in [-0.3, -0.25) is 9.59 Å². The maximum absolute atomic E-state index is 12.3. The van der Waals surface area contributed by atoms with Gasteiger partial charge >= 0.3 is 0 Å². The van der Waals surface area contributed by atoms with Crippen molar-refractivity contribution in [2.75, 3.05) is 16.8 Å². The van der Waals surface area contributed by atoms with Crippen LogP contribution in [0.3, 0.4) is 0 Å². The van der Waals surface area contributed by atoms with Crippen LogP contribution in [0.25, 0.3) is 10.9 Å². The molecule has 0 bridgehead atoms. The first-order valence-electron chi connectivity index (χ1n) is 9.69. The Hall–Kier alpha value is -2.99. The van der Waals surface area contributed by atoms with Crippen molar-refractivity contribution in [3.8, 4) is 0 Å². The summed E-state index contributed by atoms with van der Waals surface area (Å²) in [5.41, 5.74) is 14.8. The van der Waals surface area contributed by atoms with Crippen LogP contribution in [0.5, 0.6) is 0 Å². The molecule has 1 heterocycles. The predicted molar refractivity (Wildman–Crippen MR) is 120 cm³/mol. The minimum atomic E-state index is -0.0936. The normalized spacial score (nSPS) is 10.9. The van der Waals surface area contributed by atoms with Crippen molar-refractivity contribution in [3.63, 3.8) is 0 Å². The van der Waals surface area contributed by atoms with E-state index in [4.69, 9.17) is 23.1 Å². The maximum atomic E-state index is 12.3. The Bertz CT molecular complexity index is 1080. The summed E-state index contributed by atoms with van der Waals surface area (Å²) >= 11 is 5.91. The zero-order valence-corrected chi connectivity index (χ0v) is 16.9.